The van der Waals surface area contributed by atoms with E-state index in [4.69, 9.17) is 0 Å². The molecule has 0 nitrogen and oxygen atoms in total. The van der Waals surface area contributed by atoms with Crippen LogP contribution in [0, 0.1) is 0 Å². The van der Waals surface area contributed by atoms with E-state index in [-0.39, 0.29) is 0 Å². The molecule has 0 atom stereocenters. The summed E-state index contributed by atoms with van der Waals surface area (Å²) in [5.41, 5.74) is 8.10. The second-order valence-corrected chi connectivity index (χ2v) is 22.2. The van der Waals surface area contributed by atoms with E-state index in [9.17, 15) is 0 Å². The zero-order valence-electron chi connectivity index (χ0n) is 29.7. The lowest BCUT2D eigenvalue weighted by molar-refractivity contribution is 1.65. The Morgan fingerprint density at radius 1 is 0.241 bits per heavy atom. The molecule has 1 aliphatic heterocycles. The van der Waals surface area contributed by atoms with Gasteiger partial charge in [0, 0.05) is 15.4 Å². The Morgan fingerprint density at radius 3 is 0.889 bits per heavy atom. The van der Waals surface area contributed by atoms with E-state index >= 15 is 0 Å². The van der Waals surface area contributed by atoms with Gasteiger partial charge in [-0.25, -0.2) is 0 Å². The number of hydrogen-bond acceptors (Lipinski definition) is 0. The molecule has 0 saturated heterocycles. The van der Waals surface area contributed by atoms with Crippen molar-refractivity contribution in [2.45, 2.75) is 0 Å². The normalized spacial score (nSPS) is 13.5. The maximum absolute atomic E-state index is 2.56. The van der Waals surface area contributed by atoms with Crippen LogP contribution in [0.4, 0.5) is 0 Å². The molecular weight excluding hydrogens is 705 g/mol. The fourth-order valence-corrected chi connectivity index (χ4v) is 22.2. The van der Waals surface area contributed by atoms with Crippen LogP contribution < -0.4 is 26.5 Å². The van der Waals surface area contributed by atoms with Crippen molar-refractivity contribution in [2.24, 2.45) is 0 Å². The van der Waals surface area contributed by atoms with Gasteiger partial charge in [-0.3, -0.25) is 0 Å². The van der Waals surface area contributed by atoms with Crippen LogP contribution in [-0.4, -0.2) is 15.4 Å². The molecule has 54 heavy (non-hydrogen) atoms. The van der Waals surface area contributed by atoms with Crippen LogP contribution in [0.3, 0.4) is 0 Å². The summed E-state index contributed by atoms with van der Waals surface area (Å²) in [6.45, 7) is -4.95. The highest BCUT2D eigenvalue weighted by molar-refractivity contribution is 8.14. The third-order valence-corrected chi connectivity index (χ3v) is 22.5. The van der Waals surface area contributed by atoms with Crippen molar-refractivity contribution in [1.82, 2.24) is 0 Å². The lowest BCUT2D eigenvalue weighted by Gasteiger charge is -2.33. The van der Waals surface area contributed by atoms with Crippen LogP contribution in [0.15, 0.2) is 224 Å². The second kappa shape index (κ2) is 13.7. The smallest absolute Gasteiger partial charge is 0.0201 e. The summed E-state index contributed by atoms with van der Waals surface area (Å²) in [6, 6.07) is 84.7. The summed E-state index contributed by atoms with van der Waals surface area (Å²) in [4.78, 5) is 0. The average molecular weight is 743 g/mol. The highest BCUT2D eigenvalue weighted by Gasteiger charge is 2.43. The minimum absolute atomic E-state index is 1.27. The maximum atomic E-state index is 2.42. The van der Waals surface area contributed by atoms with Gasteiger partial charge in [0.1, 0.15) is 0 Å². The maximum Gasteiger partial charge on any atom is 0.0201 e. The fraction of sp³-hybridized carbons (Fsp3) is 0. The van der Waals surface area contributed by atoms with E-state index in [1.807, 2.05) is 0 Å². The first-order valence-corrected chi connectivity index (χ1v) is 23.0. The second-order valence-electron chi connectivity index (χ2n) is 13.8. The van der Waals surface area contributed by atoms with Crippen molar-refractivity contribution < 1.29 is 0 Å². The summed E-state index contributed by atoms with van der Waals surface area (Å²) in [7, 11) is 1.27. The first kappa shape index (κ1) is 33.1. The van der Waals surface area contributed by atoms with Gasteiger partial charge in [-0.1, -0.05) is 233 Å². The molecule has 3 heteroatoms. The molecule has 0 fully saturated rings. The first-order valence-electron chi connectivity index (χ1n) is 18.5. The monoisotopic (exact) mass is 742 g/mol. The summed E-state index contributed by atoms with van der Waals surface area (Å²) in [5.74, 6) is 0. The molecule has 0 amide bonds. The van der Waals surface area contributed by atoms with Gasteiger partial charge in [0.05, 0.1) is 0 Å². The largest absolute Gasteiger partial charge is 0.0622 e. The Morgan fingerprint density at radius 2 is 0.519 bits per heavy atom. The molecule has 0 unspecified atom stereocenters. The van der Waals surface area contributed by atoms with Crippen molar-refractivity contribution >= 4 is 63.9 Å². The van der Waals surface area contributed by atoms with Gasteiger partial charge in [-0.15, -0.1) is 0 Å². The fourth-order valence-electron chi connectivity index (χ4n) is 8.79. The molecule has 0 N–H and O–H groups in total. The van der Waals surface area contributed by atoms with Crippen molar-refractivity contribution in [2.75, 3.05) is 0 Å². The van der Waals surface area contributed by atoms with Gasteiger partial charge in [0.2, 0.25) is 0 Å². The molecule has 0 spiro atoms. The molecular formula is C51H37P3. The van der Waals surface area contributed by atoms with Crippen LogP contribution in [0.25, 0.3) is 11.1 Å². The van der Waals surface area contributed by atoms with Gasteiger partial charge < -0.3 is 0 Å². The number of fused-ring (bicyclic) bond motifs is 4. The Kier molecular flexibility index (Phi) is 8.43. The Labute approximate surface area is 320 Å². The Hall–Kier alpha value is -5.47. The van der Waals surface area contributed by atoms with Crippen LogP contribution in [0.1, 0.15) is 22.3 Å². The van der Waals surface area contributed by atoms with Gasteiger partial charge in [-0.05, 0) is 73.7 Å². The molecule has 10 rings (SSSR count). The Balaban J connectivity index is 1.50. The minimum atomic E-state index is -2.56. The number of rotatable bonds is 6. The van der Waals surface area contributed by atoms with Crippen LogP contribution in [0.2, 0.25) is 0 Å². The Bertz CT molecular complexity index is 2610. The number of benzene rings is 8. The van der Waals surface area contributed by atoms with E-state index in [2.05, 4.69) is 224 Å². The predicted octanol–water partition coefficient (Wildman–Crippen LogP) is 10.5. The molecule has 1 aliphatic carbocycles. The van der Waals surface area contributed by atoms with Gasteiger partial charge in [0.15, 0.2) is 0 Å². The van der Waals surface area contributed by atoms with Crippen molar-refractivity contribution in [3.05, 3.63) is 247 Å². The molecule has 1 heterocycles. The van der Waals surface area contributed by atoms with Crippen LogP contribution in [0.5, 0.6) is 0 Å². The highest BCUT2D eigenvalue weighted by atomic mass is 31.2. The summed E-state index contributed by atoms with van der Waals surface area (Å²) in [5, 5.41) is 11.4. The molecule has 0 bridgehead atoms. The zero-order chi connectivity index (χ0) is 36.0. The lowest BCUT2D eigenvalue weighted by atomic mass is 10.1. The third kappa shape index (κ3) is 4.95. The molecule has 256 valence electrons. The van der Waals surface area contributed by atoms with Crippen LogP contribution in [-0.2, 0) is 0 Å². The highest BCUT2D eigenvalue weighted by Crippen LogP contribution is 2.63. The standard InChI is InChI=1S/C51H37P3/c1-6-22-38(23-7-1)53(39-24-8-2-9-25-39,40-26-10-3-11-27-40)50-47-36-20-21-37-48(47)51(52-50)54(41-28-12-4-13-29-41,42-30-14-5-15-31-42)49-45-34-18-16-32-43(45)44-33-17-19-35-46(44)49/h1-37H. The van der Waals surface area contributed by atoms with E-state index in [1.54, 1.807) is 0 Å². The third-order valence-electron chi connectivity index (χ3n) is 11.0. The molecule has 8 aromatic rings. The van der Waals surface area contributed by atoms with Crippen molar-refractivity contribution in [3.63, 3.8) is 0 Å². The van der Waals surface area contributed by atoms with E-state index in [1.165, 1.54) is 83.5 Å². The van der Waals surface area contributed by atoms with Crippen molar-refractivity contribution in [1.29, 1.82) is 0 Å². The van der Waals surface area contributed by atoms with E-state index < -0.39 is 13.8 Å². The van der Waals surface area contributed by atoms with Gasteiger partial charge in [0.25, 0.3) is 0 Å². The van der Waals surface area contributed by atoms with E-state index in [0.29, 0.717) is 0 Å². The van der Waals surface area contributed by atoms with Crippen LogP contribution >= 0.6 is 22.0 Å². The molecule has 2 aliphatic rings. The lowest BCUT2D eigenvalue weighted by Crippen LogP contribution is -2.29. The van der Waals surface area contributed by atoms with E-state index in [0.717, 1.165) is 0 Å². The molecule has 0 aromatic heterocycles. The summed E-state index contributed by atoms with van der Waals surface area (Å²) < 4.78 is 0. The molecule has 0 radical (unpaired) electrons. The molecule has 0 saturated carbocycles. The quantitative estimate of drug-likeness (QED) is 0.149. The van der Waals surface area contributed by atoms with Gasteiger partial charge in [-0.2, -0.15) is 0 Å². The zero-order valence-corrected chi connectivity index (χ0v) is 32.4. The minimum Gasteiger partial charge on any atom is -0.0622 e. The first-order chi connectivity index (χ1) is 26.8. The SMILES string of the molecule is c1ccc(P(C2=PC(=P(c3ccccc3)(c3ccccc3)c3ccccc3)c3ccccc32)(=C2c3ccccc3-c3ccccc32)c2ccccc2)cc1. The van der Waals surface area contributed by atoms with Crippen molar-refractivity contribution in [3.8, 4) is 11.1 Å². The predicted molar refractivity (Wildman–Crippen MR) is 241 cm³/mol. The molecule has 8 aromatic carbocycles. The van der Waals surface area contributed by atoms with Gasteiger partial charge >= 0.3 is 0 Å². The summed E-state index contributed by atoms with van der Waals surface area (Å²) >= 11 is 0. The average Bonchev–Trinajstić information content (AvgIpc) is 3.81. The number of hydrogen-bond donors (Lipinski definition) is 0. The topological polar surface area (TPSA) is 0 Å². The summed E-state index contributed by atoms with van der Waals surface area (Å²) in [6.07, 6.45) is 0.